The fourth-order valence-corrected chi connectivity index (χ4v) is 3.26. The lowest BCUT2D eigenvalue weighted by Crippen LogP contribution is -2.42. The molecule has 1 aromatic carbocycles. The first-order valence-corrected chi connectivity index (χ1v) is 8.84. The number of rotatable bonds is 6. The van der Waals surface area contributed by atoms with Crippen LogP contribution < -0.4 is 10.1 Å². The van der Waals surface area contributed by atoms with Crippen molar-refractivity contribution >= 4 is 30.7 Å². The number of ether oxygens (including phenoxy) is 1. The monoisotopic (exact) mass is 411 g/mol. The van der Waals surface area contributed by atoms with Gasteiger partial charge >= 0.3 is 0 Å². The van der Waals surface area contributed by atoms with Crippen LogP contribution in [0.2, 0.25) is 0 Å². The number of nitrogens with one attached hydrogen (secondary N) is 1. The molecule has 1 amide bonds. The molecule has 1 N–H and O–H groups in total. The minimum Gasteiger partial charge on any atom is -0.497 e. The lowest BCUT2D eigenvalue weighted by Gasteiger charge is -2.28. The maximum absolute atomic E-state index is 13.0. The number of hydrogen-bond acceptors (Lipinski definition) is 4. The summed E-state index contributed by atoms with van der Waals surface area (Å²) < 4.78 is 5.20. The van der Waals surface area contributed by atoms with Crippen molar-refractivity contribution in [2.75, 3.05) is 26.7 Å². The zero-order valence-corrected chi connectivity index (χ0v) is 17.3. The van der Waals surface area contributed by atoms with E-state index in [1.54, 1.807) is 19.5 Å². The molecule has 148 valence electrons. The highest BCUT2D eigenvalue weighted by atomic mass is 35.5. The summed E-state index contributed by atoms with van der Waals surface area (Å²) in [4.78, 5) is 19.3. The average Bonchev–Trinajstić information content (AvgIpc) is 3.20. The van der Waals surface area contributed by atoms with E-state index in [1.807, 2.05) is 35.2 Å². The van der Waals surface area contributed by atoms with E-state index in [1.165, 1.54) is 0 Å². The zero-order valence-electron chi connectivity index (χ0n) is 15.7. The summed E-state index contributed by atoms with van der Waals surface area (Å²) in [5, 5.41) is 3.34. The fraction of sp³-hybridized carbons (Fsp3) is 0.400. The third-order valence-electron chi connectivity index (χ3n) is 4.61. The molecule has 0 bridgehead atoms. The Balaban J connectivity index is 0.00000182. The number of nitrogens with zero attached hydrogens (tertiary/aromatic N) is 2. The van der Waals surface area contributed by atoms with Gasteiger partial charge in [0.15, 0.2) is 0 Å². The molecule has 0 radical (unpaired) electrons. The van der Waals surface area contributed by atoms with Gasteiger partial charge in [0.25, 0.3) is 5.91 Å². The van der Waals surface area contributed by atoms with Crippen LogP contribution in [0.5, 0.6) is 5.75 Å². The molecule has 0 aliphatic carbocycles. The van der Waals surface area contributed by atoms with Crippen LogP contribution in [0.15, 0.2) is 42.7 Å². The second kappa shape index (κ2) is 11.1. The van der Waals surface area contributed by atoms with Crippen molar-refractivity contribution in [1.82, 2.24) is 15.2 Å². The maximum atomic E-state index is 13.0. The van der Waals surface area contributed by atoms with Gasteiger partial charge < -0.3 is 15.0 Å². The number of amides is 1. The second-order valence-corrected chi connectivity index (χ2v) is 6.34. The predicted octanol–water partition coefficient (Wildman–Crippen LogP) is 3.81. The summed E-state index contributed by atoms with van der Waals surface area (Å²) in [6, 6.07) is 10.00. The Labute approximate surface area is 173 Å². The Morgan fingerprint density at radius 3 is 2.56 bits per heavy atom. The highest BCUT2D eigenvalue weighted by molar-refractivity contribution is 5.95. The van der Waals surface area contributed by atoms with Crippen LogP contribution in [0.4, 0.5) is 0 Å². The molecule has 0 spiro atoms. The van der Waals surface area contributed by atoms with Gasteiger partial charge in [-0.1, -0.05) is 19.1 Å². The number of benzene rings is 1. The van der Waals surface area contributed by atoms with Crippen molar-refractivity contribution in [3.05, 3.63) is 48.3 Å². The van der Waals surface area contributed by atoms with Gasteiger partial charge in [0.1, 0.15) is 5.75 Å². The molecule has 1 aliphatic rings. The zero-order chi connectivity index (χ0) is 17.6. The predicted molar refractivity (Wildman–Crippen MR) is 113 cm³/mol. The SMILES string of the molecule is CCCN(C(=O)c1cncc(-c2ccc(OC)cc2)c1)C1CCNC1.Cl.Cl. The Morgan fingerprint density at radius 1 is 1.22 bits per heavy atom. The molecule has 1 fully saturated rings. The Kier molecular flexibility index (Phi) is 9.56. The summed E-state index contributed by atoms with van der Waals surface area (Å²) in [5.41, 5.74) is 2.61. The van der Waals surface area contributed by atoms with Gasteiger partial charge in [-0.3, -0.25) is 9.78 Å². The van der Waals surface area contributed by atoms with E-state index >= 15 is 0 Å². The van der Waals surface area contributed by atoms with Gasteiger partial charge in [0, 0.05) is 37.1 Å². The lowest BCUT2D eigenvalue weighted by molar-refractivity contribution is 0.0692. The smallest absolute Gasteiger partial charge is 0.255 e. The van der Waals surface area contributed by atoms with Gasteiger partial charge in [0.05, 0.1) is 12.7 Å². The molecule has 0 saturated carbocycles. The lowest BCUT2D eigenvalue weighted by atomic mass is 10.0. The number of carbonyl (C=O) groups is 1. The van der Waals surface area contributed by atoms with Crippen molar-refractivity contribution in [2.24, 2.45) is 0 Å². The van der Waals surface area contributed by atoms with E-state index in [0.29, 0.717) is 5.56 Å². The normalized spacial score (nSPS) is 15.4. The Hall–Kier alpha value is -1.82. The molecule has 5 nitrogen and oxygen atoms in total. The number of halogens is 2. The van der Waals surface area contributed by atoms with Crippen molar-refractivity contribution in [3.63, 3.8) is 0 Å². The molecular formula is C20H27Cl2N3O2. The molecular weight excluding hydrogens is 385 g/mol. The van der Waals surface area contributed by atoms with Crippen LogP contribution >= 0.6 is 24.8 Å². The quantitative estimate of drug-likeness (QED) is 0.784. The highest BCUT2D eigenvalue weighted by Gasteiger charge is 2.26. The number of aromatic nitrogens is 1. The first kappa shape index (κ1) is 23.2. The molecule has 3 rings (SSSR count). The molecule has 1 atom stereocenters. The first-order chi connectivity index (χ1) is 12.2. The van der Waals surface area contributed by atoms with Gasteiger partial charge in [-0.05, 0) is 43.1 Å². The van der Waals surface area contributed by atoms with Crippen LogP contribution in [0.25, 0.3) is 11.1 Å². The number of carbonyl (C=O) groups excluding carboxylic acids is 1. The highest BCUT2D eigenvalue weighted by Crippen LogP contribution is 2.23. The van der Waals surface area contributed by atoms with Gasteiger partial charge in [-0.25, -0.2) is 0 Å². The van der Waals surface area contributed by atoms with Crippen LogP contribution in [-0.2, 0) is 0 Å². The molecule has 1 unspecified atom stereocenters. The Morgan fingerprint density at radius 2 is 1.96 bits per heavy atom. The summed E-state index contributed by atoms with van der Waals surface area (Å²) in [5.74, 6) is 0.880. The van der Waals surface area contributed by atoms with Crippen molar-refractivity contribution < 1.29 is 9.53 Å². The molecule has 1 aliphatic heterocycles. The third kappa shape index (κ3) is 5.58. The van der Waals surface area contributed by atoms with E-state index in [0.717, 1.165) is 49.4 Å². The molecule has 2 aromatic rings. The van der Waals surface area contributed by atoms with Crippen molar-refractivity contribution in [2.45, 2.75) is 25.8 Å². The van der Waals surface area contributed by atoms with E-state index < -0.39 is 0 Å². The molecule has 2 heterocycles. The number of pyridine rings is 1. The molecule has 1 aromatic heterocycles. The van der Waals surface area contributed by atoms with Gasteiger partial charge in [0.2, 0.25) is 0 Å². The summed E-state index contributed by atoms with van der Waals surface area (Å²) in [6.07, 6.45) is 5.42. The first-order valence-electron chi connectivity index (χ1n) is 8.84. The third-order valence-corrected chi connectivity index (χ3v) is 4.61. The van der Waals surface area contributed by atoms with Crippen LogP contribution in [-0.4, -0.2) is 48.6 Å². The van der Waals surface area contributed by atoms with E-state index in [2.05, 4.69) is 17.2 Å². The minimum absolute atomic E-state index is 0. The standard InChI is InChI=1S/C20H25N3O2.2ClH/c1-3-10-23(18-8-9-21-14-18)20(24)17-11-16(12-22-13-17)15-4-6-19(25-2)7-5-15;;/h4-7,11-13,18,21H,3,8-10,14H2,1-2H3;2*1H. The molecule has 1 saturated heterocycles. The van der Waals surface area contributed by atoms with Crippen LogP contribution in [0.3, 0.4) is 0 Å². The second-order valence-electron chi connectivity index (χ2n) is 6.34. The van der Waals surface area contributed by atoms with Gasteiger partial charge in [-0.15, -0.1) is 24.8 Å². The topological polar surface area (TPSA) is 54.5 Å². The average molecular weight is 412 g/mol. The van der Waals surface area contributed by atoms with Crippen LogP contribution in [0.1, 0.15) is 30.1 Å². The summed E-state index contributed by atoms with van der Waals surface area (Å²) in [7, 11) is 1.65. The van der Waals surface area contributed by atoms with E-state index in [4.69, 9.17) is 4.74 Å². The van der Waals surface area contributed by atoms with Gasteiger partial charge in [-0.2, -0.15) is 0 Å². The fourth-order valence-electron chi connectivity index (χ4n) is 3.26. The molecule has 27 heavy (non-hydrogen) atoms. The number of hydrogen-bond donors (Lipinski definition) is 1. The molecule has 7 heteroatoms. The Bertz CT molecular complexity index is 719. The minimum atomic E-state index is 0. The summed E-state index contributed by atoms with van der Waals surface area (Å²) >= 11 is 0. The van der Waals surface area contributed by atoms with Crippen molar-refractivity contribution in [1.29, 1.82) is 0 Å². The summed E-state index contributed by atoms with van der Waals surface area (Å²) in [6.45, 7) is 4.73. The number of methoxy groups -OCH3 is 1. The maximum Gasteiger partial charge on any atom is 0.255 e. The largest absolute Gasteiger partial charge is 0.497 e. The van der Waals surface area contributed by atoms with Crippen LogP contribution in [0, 0.1) is 0 Å². The van der Waals surface area contributed by atoms with E-state index in [-0.39, 0.29) is 36.8 Å². The van der Waals surface area contributed by atoms with E-state index in [9.17, 15) is 4.79 Å². The van der Waals surface area contributed by atoms with Crippen molar-refractivity contribution in [3.8, 4) is 16.9 Å².